The summed E-state index contributed by atoms with van der Waals surface area (Å²) in [5.41, 5.74) is -0.113. The van der Waals surface area contributed by atoms with Gasteiger partial charge in [0.25, 0.3) is 6.47 Å². The molecule has 0 saturated carbocycles. The minimum absolute atomic E-state index is 0.0499. The summed E-state index contributed by atoms with van der Waals surface area (Å²) in [6.45, 7) is 0.0499. The summed E-state index contributed by atoms with van der Waals surface area (Å²) in [6, 6.07) is 3.82. The predicted octanol–water partition coefficient (Wildman–Crippen LogP) is -0.305. The fourth-order valence-electron chi connectivity index (χ4n) is 0.961. The predicted molar refractivity (Wildman–Crippen MR) is 47.7 cm³/mol. The molecule has 0 aliphatic rings. The Balaban J connectivity index is 2.93. The average Bonchev–Trinajstić information content (AvgIpc) is 2.17. The standard InChI is InChI=1S/C8H8BFO4/c1-13-6-2-3-7(8(10)4-6)9(12)14-5-11/h2-5,12H,1H3. The van der Waals surface area contributed by atoms with E-state index >= 15 is 0 Å². The van der Waals surface area contributed by atoms with Crippen molar-refractivity contribution in [2.24, 2.45) is 0 Å². The first-order valence-electron chi connectivity index (χ1n) is 3.79. The molecule has 4 nitrogen and oxygen atoms in total. The topological polar surface area (TPSA) is 55.8 Å². The van der Waals surface area contributed by atoms with E-state index in [1.807, 2.05) is 0 Å². The number of hydrogen-bond acceptors (Lipinski definition) is 4. The zero-order valence-corrected chi connectivity index (χ0v) is 7.44. The Labute approximate surface area is 80.4 Å². The quantitative estimate of drug-likeness (QED) is 0.532. The number of methoxy groups -OCH3 is 1. The van der Waals surface area contributed by atoms with Gasteiger partial charge < -0.3 is 14.4 Å². The molecule has 0 bridgehead atoms. The second-order valence-electron chi connectivity index (χ2n) is 2.47. The van der Waals surface area contributed by atoms with Gasteiger partial charge in [0.2, 0.25) is 0 Å². The molecule has 0 aliphatic carbocycles. The normalized spacial score (nSPS) is 9.36. The lowest BCUT2D eigenvalue weighted by Gasteiger charge is -2.06. The molecule has 0 unspecified atom stereocenters. The number of carbonyl (C=O) groups excluding carboxylic acids is 1. The third-order valence-electron chi connectivity index (χ3n) is 1.66. The van der Waals surface area contributed by atoms with Crippen LogP contribution >= 0.6 is 0 Å². The summed E-state index contributed by atoms with van der Waals surface area (Å²) >= 11 is 0. The highest BCUT2D eigenvalue weighted by molar-refractivity contribution is 6.61. The number of carbonyl (C=O) groups is 1. The van der Waals surface area contributed by atoms with Gasteiger partial charge in [0.1, 0.15) is 11.6 Å². The van der Waals surface area contributed by atoms with Gasteiger partial charge in [-0.25, -0.2) is 4.39 Å². The highest BCUT2D eigenvalue weighted by Gasteiger charge is 2.22. The molecule has 0 amide bonds. The van der Waals surface area contributed by atoms with Crippen molar-refractivity contribution in [3.8, 4) is 5.75 Å². The van der Waals surface area contributed by atoms with Gasteiger partial charge in [-0.2, -0.15) is 0 Å². The zero-order chi connectivity index (χ0) is 10.6. The Kier molecular flexibility index (Phi) is 3.47. The van der Waals surface area contributed by atoms with Crippen molar-refractivity contribution >= 4 is 19.1 Å². The maximum Gasteiger partial charge on any atom is 0.564 e. The Morgan fingerprint density at radius 3 is 2.79 bits per heavy atom. The maximum absolute atomic E-state index is 13.2. The molecule has 74 valence electrons. The van der Waals surface area contributed by atoms with E-state index in [-0.39, 0.29) is 11.9 Å². The van der Waals surface area contributed by atoms with Gasteiger partial charge in [0, 0.05) is 11.5 Å². The van der Waals surface area contributed by atoms with Crippen LogP contribution in [0.2, 0.25) is 0 Å². The Morgan fingerprint density at radius 1 is 1.57 bits per heavy atom. The molecule has 0 radical (unpaired) electrons. The second kappa shape index (κ2) is 4.62. The summed E-state index contributed by atoms with van der Waals surface area (Å²) in [5.74, 6) is -0.372. The molecular weight excluding hydrogens is 190 g/mol. The van der Waals surface area contributed by atoms with E-state index in [1.54, 1.807) is 0 Å². The zero-order valence-electron chi connectivity index (χ0n) is 7.44. The van der Waals surface area contributed by atoms with Gasteiger partial charge >= 0.3 is 7.12 Å². The third-order valence-corrected chi connectivity index (χ3v) is 1.66. The molecule has 0 spiro atoms. The fraction of sp³-hybridized carbons (Fsp3) is 0.125. The van der Waals surface area contributed by atoms with Gasteiger partial charge in [-0.05, 0) is 6.07 Å². The number of hydrogen-bond donors (Lipinski definition) is 1. The minimum Gasteiger partial charge on any atom is -0.508 e. The molecule has 0 heterocycles. The van der Waals surface area contributed by atoms with Crippen LogP contribution in [0.25, 0.3) is 0 Å². The molecule has 6 heteroatoms. The molecule has 1 rings (SSSR count). The van der Waals surface area contributed by atoms with Crippen molar-refractivity contribution in [2.75, 3.05) is 7.11 Å². The molecule has 0 aliphatic heterocycles. The highest BCUT2D eigenvalue weighted by Crippen LogP contribution is 2.09. The van der Waals surface area contributed by atoms with E-state index in [0.29, 0.717) is 5.75 Å². The van der Waals surface area contributed by atoms with Gasteiger partial charge in [0.15, 0.2) is 0 Å². The number of halogens is 1. The van der Waals surface area contributed by atoms with Crippen molar-refractivity contribution in [3.05, 3.63) is 24.0 Å². The van der Waals surface area contributed by atoms with E-state index < -0.39 is 12.9 Å². The maximum atomic E-state index is 13.2. The Morgan fingerprint density at radius 2 is 2.29 bits per heavy atom. The van der Waals surface area contributed by atoms with Crippen molar-refractivity contribution < 1.29 is 23.6 Å². The number of ether oxygens (including phenoxy) is 1. The molecule has 1 N–H and O–H groups in total. The van der Waals surface area contributed by atoms with E-state index in [4.69, 9.17) is 9.76 Å². The first-order chi connectivity index (χ1) is 6.69. The van der Waals surface area contributed by atoms with Crippen LogP contribution in [0, 0.1) is 5.82 Å². The van der Waals surface area contributed by atoms with E-state index in [2.05, 4.69) is 4.65 Å². The highest BCUT2D eigenvalue weighted by atomic mass is 19.1. The second-order valence-corrected chi connectivity index (χ2v) is 2.47. The van der Waals surface area contributed by atoms with Crippen LogP contribution in [-0.4, -0.2) is 25.7 Å². The molecule has 1 aromatic carbocycles. The molecule has 0 aromatic heterocycles. The van der Waals surface area contributed by atoms with E-state index in [9.17, 15) is 9.18 Å². The lowest BCUT2D eigenvalue weighted by Crippen LogP contribution is -2.35. The third kappa shape index (κ3) is 2.23. The summed E-state index contributed by atoms with van der Waals surface area (Å²) in [7, 11) is -0.189. The van der Waals surface area contributed by atoms with Crippen LogP contribution in [0.3, 0.4) is 0 Å². The van der Waals surface area contributed by atoms with Gasteiger partial charge in [0.05, 0.1) is 7.11 Å². The summed E-state index contributed by atoms with van der Waals surface area (Å²) in [6.07, 6.45) is 0. The number of rotatable bonds is 4. The average molecular weight is 198 g/mol. The molecular formula is C8H8BFO4. The molecule has 14 heavy (non-hydrogen) atoms. The van der Waals surface area contributed by atoms with E-state index in [0.717, 1.165) is 6.07 Å². The van der Waals surface area contributed by atoms with Crippen LogP contribution in [-0.2, 0) is 9.45 Å². The fourth-order valence-corrected chi connectivity index (χ4v) is 0.961. The van der Waals surface area contributed by atoms with Gasteiger partial charge in [-0.1, -0.05) is 6.07 Å². The van der Waals surface area contributed by atoms with Crippen LogP contribution < -0.4 is 10.2 Å². The lowest BCUT2D eigenvalue weighted by molar-refractivity contribution is -0.121. The van der Waals surface area contributed by atoms with Crippen molar-refractivity contribution in [1.82, 2.24) is 0 Å². The summed E-state index contributed by atoms with van der Waals surface area (Å²) < 4.78 is 22.1. The van der Waals surface area contributed by atoms with Crippen molar-refractivity contribution in [2.45, 2.75) is 0 Å². The Bertz CT molecular complexity index is 331. The van der Waals surface area contributed by atoms with E-state index in [1.165, 1.54) is 19.2 Å². The first-order valence-corrected chi connectivity index (χ1v) is 3.79. The number of benzene rings is 1. The van der Waals surface area contributed by atoms with Gasteiger partial charge in [-0.15, -0.1) is 0 Å². The van der Waals surface area contributed by atoms with Crippen LogP contribution in [0.15, 0.2) is 18.2 Å². The minimum atomic E-state index is -1.58. The lowest BCUT2D eigenvalue weighted by atomic mass is 9.79. The van der Waals surface area contributed by atoms with Gasteiger partial charge in [-0.3, -0.25) is 4.79 Å². The monoisotopic (exact) mass is 198 g/mol. The molecule has 1 aromatic rings. The molecule has 0 saturated heterocycles. The SMILES string of the molecule is COc1ccc(B(O)OC=O)c(F)c1. The summed E-state index contributed by atoms with van der Waals surface area (Å²) in [4.78, 5) is 9.89. The largest absolute Gasteiger partial charge is 0.564 e. The van der Waals surface area contributed by atoms with Crippen LogP contribution in [0.4, 0.5) is 4.39 Å². The van der Waals surface area contributed by atoms with Crippen molar-refractivity contribution in [3.63, 3.8) is 0 Å². The van der Waals surface area contributed by atoms with Crippen molar-refractivity contribution in [1.29, 1.82) is 0 Å². The smallest absolute Gasteiger partial charge is 0.508 e. The Hall–Kier alpha value is -1.56. The molecule has 0 atom stereocenters. The van der Waals surface area contributed by atoms with Crippen LogP contribution in [0.5, 0.6) is 5.75 Å². The summed E-state index contributed by atoms with van der Waals surface area (Å²) in [5, 5.41) is 9.13. The van der Waals surface area contributed by atoms with Crippen LogP contribution in [0.1, 0.15) is 0 Å². The molecule has 0 fully saturated rings. The first kappa shape index (κ1) is 10.5.